The predicted molar refractivity (Wildman–Crippen MR) is 113 cm³/mol. The van der Waals surface area contributed by atoms with E-state index in [-0.39, 0.29) is 12.3 Å². The highest BCUT2D eigenvalue weighted by Crippen LogP contribution is 2.47. The third-order valence-corrected chi connectivity index (χ3v) is 6.10. The molecule has 0 unspecified atom stereocenters. The summed E-state index contributed by atoms with van der Waals surface area (Å²) in [5.41, 5.74) is 4.11. The number of hydrogen-bond donors (Lipinski definition) is 0. The first-order valence-electron chi connectivity index (χ1n) is 8.92. The molecule has 0 spiro atoms. The second-order valence-corrected chi connectivity index (χ2v) is 8.09. The van der Waals surface area contributed by atoms with Crippen LogP contribution in [0.15, 0.2) is 71.8 Å². The Hall–Kier alpha value is -2.20. The Morgan fingerprint density at radius 2 is 1.68 bits per heavy atom. The molecule has 2 aliphatic rings. The molecule has 0 amide bonds. The van der Waals surface area contributed by atoms with Crippen molar-refractivity contribution in [3.63, 3.8) is 0 Å². The van der Waals surface area contributed by atoms with Crippen LogP contribution in [0.2, 0.25) is 15.1 Å². The summed E-state index contributed by atoms with van der Waals surface area (Å²) in [6, 6.07) is 21.5. The molecule has 0 bridgehead atoms. The van der Waals surface area contributed by atoms with E-state index in [4.69, 9.17) is 44.6 Å². The van der Waals surface area contributed by atoms with E-state index in [9.17, 15) is 0 Å². The highest BCUT2D eigenvalue weighted by molar-refractivity contribution is 6.42. The summed E-state index contributed by atoms with van der Waals surface area (Å²) in [7, 11) is 0. The molecule has 0 aliphatic carbocycles. The van der Waals surface area contributed by atoms with Gasteiger partial charge in [-0.1, -0.05) is 71.2 Å². The van der Waals surface area contributed by atoms with Crippen LogP contribution in [-0.2, 0) is 0 Å². The molecular formula is C22H15Cl3N2O. The van der Waals surface area contributed by atoms with Crippen molar-refractivity contribution >= 4 is 40.5 Å². The van der Waals surface area contributed by atoms with E-state index >= 15 is 0 Å². The van der Waals surface area contributed by atoms with Crippen molar-refractivity contribution in [3.05, 3.63) is 98.5 Å². The summed E-state index contributed by atoms with van der Waals surface area (Å²) < 4.78 is 6.33. The number of hydrogen-bond acceptors (Lipinski definition) is 3. The second kappa shape index (κ2) is 7.00. The number of para-hydroxylation sites is 1. The zero-order valence-electron chi connectivity index (χ0n) is 14.6. The topological polar surface area (TPSA) is 24.8 Å². The van der Waals surface area contributed by atoms with Gasteiger partial charge in [0.25, 0.3) is 0 Å². The molecule has 0 fully saturated rings. The maximum absolute atomic E-state index is 6.33. The fraction of sp³-hybridized carbons (Fsp3) is 0.136. The van der Waals surface area contributed by atoms with Crippen LogP contribution in [-0.4, -0.2) is 10.7 Å². The molecule has 2 aliphatic heterocycles. The lowest BCUT2D eigenvalue weighted by Crippen LogP contribution is -2.33. The Labute approximate surface area is 178 Å². The number of rotatable bonds is 2. The first-order chi connectivity index (χ1) is 13.6. The Morgan fingerprint density at radius 1 is 0.893 bits per heavy atom. The summed E-state index contributed by atoms with van der Waals surface area (Å²) >= 11 is 18.4. The average Bonchev–Trinajstić information content (AvgIpc) is 3.16. The quantitative estimate of drug-likeness (QED) is 0.443. The SMILES string of the molecule is Clc1ccc(C2=NN3[C@H](C2)c2ccccc2O[C@@H]3c2ccc(Cl)c(Cl)c2)cc1. The summed E-state index contributed by atoms with van der Waals surface area (Å²) in [5.74, 6) is 0.868. The zero-order valence-corrected chi connectivity index (χ0v) is 16.9. The standard InChI is InChI=1S/C22H15Cl3N2O/c23-15-8-5-13(6-9-15)19-12-20-16-3-1-2-4-21(16)28-22(27(20)26-19)14-7-10-17(24)18(25)11-14/h1-11,20,22H,12H2/t20-,22-/m1/s1. The highest BCUT2D eigenvalue weighted by atomic mass is 35.5. The molecule has 0 saturated carbocycles. The summed E-state index contributed by atoms with van der Waals surface area (Å²) in [5, 5.41) is 8.67. The average molecular weight is 430 g/mol. The molecule has 3 nitrogen and oxygen atoms in total. The predicted octanol–water partition coefficient (Wildman–Crippen LogP) is 6.89. The number of fused-ring (bicyclic) bond motifs is 3. The van der Waals surface area contributed by atoms with E-state index in [1.807, 2.05) is 59.6 Å². The van der Waals surface area contributed by atoms with Gasteiger partial charge in [0.2, 0.25) is 6.23 Å². The largest absolute Gasteiger partial charge is 0.464 e. The van der Waals surface area contributed by atoms with E-state index in [0.29, 0.717) is 15.1 Å². The number of ether oxygens (including phenoxy) is 1. The minimum absolute atomic E-state index is 0.0927. The molecule has 3 aromatic carbocycles. The second-order valence-electron chi connectivity index (χ2n) is 6.84. The zero-order chi connectivity index (χ0) is 19.3. The van der Waals surface area contributed by atoms with Crippen molar-refractivity contribution in [3.8, 4) is 5.75 Å². The van der Waals surface area contributed by atoms with E-state index in [0.717, 1.165) is 34.6 Å². The number of benzene rings is 3. The molecule has 3 aromatic rings. The lowest BCUT2D eigenvalue weighted by atomic mass is 9.96. The van der Waals surface area contributed by atoms with Crippen molar-refractivity contribution in [2.24, 2.45) is 5.10 Å². The third kappa shape index (κ3) is 3.04. The van der Waals surface area contributed by atoms with Crippen molar-refractivity contribution in [1.82, 2.24) is 5.01 Å². The summed E-state index contributed by atoms with van der Waals surface area (Å²) in [6.45, 7) is 0. The minimum Gasteiger partial charge on any atom is -0.464 e. The Balaban J connectivity index is 1.59. The van der Waals surface area contributed by atoms with E-state index in [1.54, 1.807) is 6.07 Å². The number of halogens is 3. The van der Waals surface area contributed by atoms with Crippen molar-refractivity contribution < 1.29 is 4.74 Å². The van der Waals surface area contributed by atoms with E-state index in [2.05, 4.69) is 6.07 Å². The van der Waals surface area contributed by atoms with Crippen LogP contribution in [0.1, 0.15) is 35.4 Å². The van der Waals surface area contributed by atoms with Crippen LogP contribution in [0.5, 0.6) is 5.75 Å². The van der Waals surface area contributed by atoms with Gasteiger partial charge in [-0.2, -0.15) is 5.10 Å². The van der Waals surface area contributed by atoms with Crippen LogP contribution in [0.3, 0.4) is 0 Å². The maximum Gasteiger partial charge on any atom is 0.213 e. The van der Waals surface area contributed by atoms with Gasteiger partial charge in [0, 0.05) is 22.6 Å². The fourth-order valence-electron chi connectivity index (χ4n) is 3.74. The monoisotopic (exact) mass is 428 g/mol. The van der Waals surface area contributed by atoms with Gasteiger partial charge in [0.05, 0.1) is 21.8 Å². The van der Waals surface area contributed by atoms with Gasteiger partial charge in [-0.15, -0.1) is 0 Å². The molecule has 0 radical (unpaired) electrons. The highest BCUT2D eigenvalue weighted by Gasteiger charge is 2.40. The Kier molecular flexibility index (Phi) is 4.47. The fourth-order valence-corrected chi connectivity index (χ4v) is 4.17. The van der Waals surface area contributed by atoms with Gasteiger partial charge in [-0.3, -0.25) is 0 Å². The lowest BCUT2D eigenvalue weighted by molar-refractivity contribution is -0.0190. The Bertz CT molecular complexity index is 1080. The van der Waals surface area contributed by atoms with Gasteiger partial charge < -0.3 is 4.74 Å². The molecule has 0 N–H and O–H groups in total. The minimum atomic E-state index is -0.375. The van der Waals surface area contributed by atoms with Gasteiger partial charge in [0.15, 0.2) is 0 Å². The first kappa shape index (κ1) is 17.9. The molecule has 140 valence electrons. The summed E-state index contributed by atoms with van der Waals surface area (Å²) in [4.78, 5) is 0. The third-order valence-electron chi connectivity index (χ3n) is 5.11. The number of nitrogens with zero attached hydrogens (tertiary/aromatic N) is 2. The van der Waals surface area contributed by atoms with Gasteiger partial charge in [-0.05, 0) is 35.9 Å². The van der Waals surface area contributed by atoms with Crippen LogP contribution >= 0.6 is 34.8 Å². The Morgan fingerprint density at radius 3 is 2.46 bits per heavy atom. The number of hydrazone groups is 1. The molecular weight excluding hydrogens is 415 g/mol. The van der Waals surface area contributed by atoms with Crippen LogP contribution in [0, 0.1) is 0 Å². The molecule has 6 heteroatoms. The van der Waals surface area contributed by atoms with E-state index < -0.39 is 0 Å². The molecule has 5 rings (SSSR count). The van der Waals surface area contributed by atoms with Crippen LogP contribution in [0.25, 0.3) is 0 Å². The van der Waals surface area contributed by atoms with Crippen molar-refractivity contribution in [2.75, 3.05) is 0 Å². The molecule has 28 heavy (non-hydrogen) atoms. The van der Waals surface area contributed by atoms with Gasteiger partial charge in [0.1, 0.15) is 5.75 Å². The van der Waals surface area contributed by atoms with Gasteiger partial charge in [-0.25, -0.2) is 5.01 Å². The maximum atomic E-state index is 6.33. The van der Waals surface area contributed by atoms with Crippen molar-refractivity contribution in [1.29, 1.82) is 0 Å². The smallest absolute Gasteiger partial charge is 0.213 e. The molecule has 2 heterocycles. The molecule has 0 saturated heterocycles. The summed E-state index contributed by atoms with van der Waals surface area (Å²) in [6.07, 6.45) is 0.416. The molecule has 0 aromatic heterocycles. The van der Waals surface area contributed by atoms with Gasteiger partial charge >= 0.3 is 0 Å². The molecule has 2 atom stereocenters. The van der Waals surface area contributed by atoms with Crippen LogP contribution in [0.4, 0.5) is 0 Å². The first-order valence-corrected chi connectivity index (χ1v) is 10.1. The van der Waals surface area contributed by atoms with Crippen LogP contribution < -0.4 is 4.74 Å². The van der Waals surface area contributed by atoms with E-state index in [1.165, 1.54) is 0 Å². The van der Waals surface area contributed by atoms with Crippen molar-refractivity contribution in [2.45, 2.75) is 18.7 Å². The normalized spacial score (nSPS) is 20.2. The lowest BCUT2D eigenvalue weighted by Gasteiger charge is -2.38.